The molecule has 0 aliphatic heterocycles. The van der Waals surface area contributed by atoms with E-state index >= 15 is 0 Å². The Labute approximate surface area is 462 Å². The van der Waals surface area contributed by atoms with Crippen LogP contribution in [0.2, 0.25) is 0 Å². The van der Waals surface area contributed by atoms with E-state index in [-0.39, 0.29) is 10.8 Å². The molecule has 0 heterocycles. The molecule has 12 rings (SSSR count). The first-order valence-electron chi connectivity index (χ1n) is 27.3. The van der Waals surface area contributed by atoms with Crippen LogP contribution in [0.4, 0.5) is 34.1 Å². The monoisotopic (exact) mass is 1010 g/mol. The van der Waals surface area contributed by atoms with Gasteiger partial charge < -0.3 is 9.80 Å². The molecular weight excluding hydrogens is 941 g/mol. The van der Waals surface area contributed by atoms with E-state index < -0.39 is 0 Å². The lowest BCUT2D eigenvalue weighted by atomic mass is 9.80. The van der Waals surface area contributed by atoms with Crippen LogP contribution in [0.1, 0.15) is 83.3 Å². The highest BCUT2D eigenvalue weighted by molar-refractivity contribution is 5.90. The molecule has 0 fully saturated rings. The summed E-state index contributed by atoms with van der Waals surface area (Å²) in [5, 5.41) is 0. The molecule has 78 heavy (non-hydrogen) atoms. The molecule has 2 heteroatoms. The third-order valence-corrected chi connectivity index (χ3v) is 16.7. The van der Waals surface area contributed by atoms with Crippen molar-refractivity contribution in [2.24, 2.45) is 0 Å². The second kappa shape index (κ2) is 19.5. The van der Waals surface area contributed by atoms with Gasteiger partial charge in [-0.3, -0.25) is 0 Å². The highest BCUT2D eigenvalue weighted by Crippen LogP contribution is 2.52. The number of anilines is 6. The maximum Gasteiger partial charge on any atom is 0.0462 e. The molecule has 0 N–H and O–H groups in total. The summed E-state index contributed by atoms with van der Waals surface area (Å²) in [5.41, 5.74) is 30.9. The predicted molar refractivity (Wildman–Crippen MR) is 334 cm³/mol. The average Bonchev–Trinajstić information content (AvgIpc) is 3.84. The largest absolute Gasteiger partial charge is 0.311 e. The lowest BCUT2D eigenvalue weighted by Crippen LogP contribution is -2.15. The fourth-order valence-corrected chi connectivity index (χ4v) is 11.9. The maximum atomic E-state index is 4.59. The van der Waals surface area contributed by atoms with Gasteiger partial charge >= 0.3 is 0 Å². The SMILES string of the molecule is C=C(/C=C\C(=C)c1ccc2c(c1)C(C)(C)c1cc(-c3ccc(N(c4ccc(C)cc4)c4ccc(C)cc4)cc3)ccc1-2)c1ccc2c(c1)C(C)(C)c1cc(-c3ccc(N(c4ccc(C)cc4)c4ccc(C)cc4)cc3)ccc1-2. The van der Waals surface area contributed by atoms with Gasteiger partial charge in [0.25, 0.3) is 0 Å². The Hall–Kier alpha value is -8.98. The second-order valence-corrected chi connectivity index (χ2v) is 22.8. The summed E-state index contributed by atoms with van der Waals surface area (Å²) in [6.07, 6.45) is 4.26. The highest BCUT2D eigenvalue weighted by Gasteiger charge is 2.37. The Bertz CT molecular complexity index is 3620. The van der Waals surface area contributed by atoms with Gasteiger partial charge in [0.2, 0.25) is 0 Å². The maximum absolute atomic E-state index is 4.59. The molecule has 2 aliphatic rings. The van der Waals surface area contributed by atoms with Crippen LogP contribution in [0, 0.1) is 27.7 Å². The fraction of sp³-hybridized carbons (Fsp3) is 0.132. The smallest absolute Gasteiger partial charge is 0.0462 e. The Balaban J connectivity index is 0.743. The molecule has 0 amide bonds. The van der Waals surface area contributed by atoms with Crippen molar-refractivity contribution in [2.75, 3.05) is 9.80 Å². The fourth-order valence-electron chi connectivity index (χ4n) is 11.9. The van der Waals surface area contributed by atoms with Crippen LogP contribution in [0.15, 0.2) is 244 Å². The minimum Gasteiger partial charge on any atom is -0.311 e. The van der Waals surface area contributed by atoms with Crippen molar-refractivity contribution >= 4 is 45.3 Å². The Kier molecular flexibility index (Phi) is 12.5. The molecule has 10 aromatic carbocycles. The summed E-state index contributed by atoms with van der Waals surface area (Å²) in [4.78, 5) is 4.66. The lowest BCUT2D eigenvalue weighted by molar-refractivity contribution is 0.660. The van der Waals surface area contributed by atoms with Gasteiger partial charge in [-0.15, -0.1) is 0 Å². The quantitative estimate of drug-likeness (QED) is 0.113. The average molecular weight is 1010 g/mol. The molecule has 380 valence electrons. The summed E-state index contributed by atoms with van der Waals surface area (Å²) < 4.78 is 0. The van der Waals surface area contributed by atoms with Crippen LogP contribution in [-0.2, 0) is 10.8 Å². The van der Waals surface area contributed by atoms with E-state index in [1.165, 1.54) is 89.0 Å². The van der Waals surface area contributed by atoms with Gasteiger partial charge in [-0.2, -0.15) is 0 Å². The van der Waals surface area contributed by atoms with E-state index in [4.69, 9.17) is 0 Å². The van der Waals surface area contributed by atoms with E-state index in [9.17, 15) is 0 Å². The van der Waals surface area contributed by atoms with Crippen LogP contribution < -0.4 is 9.80 Å². The first-order chi connectivity index (χ1) is 37.6. The van der Waals surface area contributed by atoms with E-state index in [1.807, 2.05) is 0 Å². The van der Waals surface area contributed by atoms with Gasteiger partial charge in [-0.1, -0.05) is 197 Å². The molecule has 2 nitrogen and oxygen atoms in total. The van der Waals surface area contributed by atoms with Gasteiger partial charge in [-0.25, -0.2) is 0 Å². The molecule has 0 saturated carbocycles. The molecule has 0 saturated heterocycles. The molecule has 0 atom stereocenters. The summed E-state index contributed by atoms with van der Waals surface area (Å²) in [6.45, 7) is 27.1. The molecule has 2 aliphatic carbocycles. The molecule has 10 aromatic rings. The standard InChI is InChI=1S/C76H66N2/c1-49-11-29-61(30-12-49)77(62-31-13-50(2)14-32-62)65-37-21-55(22-38-65)59-27-43-69-67-41-25-57(45-71(67)75(7,8)73(69)47-59)53(5)19-20-54(6)58-26-42-68-70-44-28-60(48-74(70)76(9,10)72(68)46-58)56-23-39-66(40-24-56)78(63-33-15-51(3)16-34-63)64-35-17-52(4)18-36-64/h11-48H,5-6H2,1-4,7-10H3/b20-19-. The minimum atomic E-state index is -0.191. The zero-order valence-electron chi connectivity index (χ0n) is 46.2. The number of hydrogen-bond donors (Lipinski definition) is 0. The second-order valence-electron chi connectivity index (χ2n) is 22.8. The topological polar surface area (TPSA) is 6.48 Å². The highest BCUT2D eigenvalue weighted by atomic mass is 15.1. The van der Waals surface area contributed by atoms with Gasteiger partial charge in [0.15, 0.2) is 0 Å². The summed E-state index contributed by atoms with van der Waals surface area (Å²) in [6, 6.07) is 80.8. The number of nitrogens with zero attached hydrogens (tertiary/aromatic N) is 2. The van der Waals surface area contributed by atoms with Gasteiger partial charge in [0.05, 0.1) is 0 Å². The van der Waals surface area contributed by atoms with Gasteiger partial charge in [0.1, 0.15) is 0 Å². The zero-order valence-corrected chi connectivity index (χ0v) is 46.2. The molecule has 0 aromatic heterocycles. The third-order valence-electron chi connectivity index (χ3n) is 16.7. The number of fused-ring (bicyclic) bond motifs is 6. The van der Waals surface area contributed by atoms with Gasteiger partial charge in [-0.05, 0) is 214 Å². The van der Waals surface area contributed by atoms with Crippen molar-refractivity contribution in [1.29, 1.82) is 0 Å². The number of aryl methyl sites for hydroxylation is 4. The molecular formula is C76H66N2. The number of hydrogen-bond acceptors (Lipinski definition) is 2. The molecule has 0 bridgehead atoms. The van der Waals surface area contributed by atoms with Gasteiger partial charge in [0, 0.05) is 45.0 Å². The van der Waals surface area contributed by atoms with Crippen LogP contribution in [0.3, 0.4) is 0 Å². The summed E-state index contributed by atoms with van der Waals surface area (Å²) in [7, 11) is 0. The number of allylic oxidation sites excluding steroid dienone is 4. The van der Waals surface area contributed by atoms with Crippen LogP contribution in [-0.4, -0.2) is 0 Å². The van der Waals surface area contributed by atoms with E-state index in [0.717, 1.165) is 56.4 Å². The summed E-state index contributed by atoms with van der Waals surface area (Å²) >= 11 is 0. The van der Waals surface area contributed by atoms with E-state index in [1.54, 1.807) is 0 Å². The van der Waals surface area contributed by atoms with Crippen molar-refractivity contribution in [3.63, 3.8) is 0 Å². The first kappa shape index (κ1) is 49.9. The molecule has 0 radical (unpaired) electrons. The Morgan fingerprint density at radius 3 is 0.808 bits per heavy atom. The van der Waals surface area contributed by atoms with Crippen molar-refractivity contribution in [2.45, 2.75) is 66.2 Å². The Morgan fingerprint density at radius 2 is 0.526 bits per heavy atom. The van der Waals surface area contributed by atoms with Crippen molar-refractivity contribution in [1.82, 2.24) is 0 Å². The molecule has 0 spiro atoms. The normalized spacial score (nSPS) is 13.4. The number of benzene rings is 10. The van der Waals surface area contributed by atoms with Crippen LogP contribution in [0.5, 0.6) is 0 Å². The van der Waals surface area contributed by atoms with Crippen molar-refractivity contribution < 1.29 is 0 Å². The lowest BCUT2D eigenvalue weighted by Gasteiger charge is -2.26. The summed E-state index contributed by atoms with van der Waals surface area (Å²) in [5.74, 6) is 0. The van der Waals surface area contributed by atoms with Crippen molar-refractivity contribution in [3.05, 3.63) is 299 Å². The third kappa shape index (κ3) is 9.01. The first-order valence-corrected chi connectivity index (χ1v) is 27.3. The van der Waals surface area contributed by atoms with Crippen molar-refractivity contribution in [3.8, 4) is 44.5 Å². The Morgan fingerprint density at radius 1 is 0.295 bits per heavy atom. The minimum absolute atomic E-state index is 0.191. The molecule has 0 unspecified atom stereocenters. The van der Waals surface area contributed by atoms with E-state index in [2.05, 4.69) is 309 Å². The predicted octanol–water partition coefficient (Wildman–Crippen LogP) is 21.1. The van der Waals surface area contributed by atoms with Crippen LogP contribution in [0.25, 0.3) is 55.7 Å². The number of rotatable bonds is 12. The zero-order chi connectivity index (χ0) is 54.0. The van der Waals surface area contributed by atoms with Crippen LogP contribution >= 0.6 is 0 Å². The van der Waals surface area contributed by atoms with E-state index in [0.29, 0.717) is 0 Å².